The predicted molar refractivity (Wildman–Crippen MR) is 147 cm³/mol. The molecule has 3 heteroatoms. The van der Waals surface area contributed by atoms with E-state index in [1.54, 1.807) is 0 Å². The van der Waals surface area contributed by atoms with Crippen LogP contribution in [-0.4, -0.2) is 22.8 Å². The molecule has 3 nitrogen and oxygen atoms in total. The zero-order valence-corrected chi connectivity index (χ0v) is 23.2. The van der Waals surface area contributed by atoms with Crippen LogP contribution >= 0.6 is 0 Å². The third-order valence-electron chi connectivity index (χ3n) is 7.07. The highest BCUT2D eigenvalue weighted by atomic mass is 16.3. The molecular weight excluding hydrogens is 420 g/mol. The minimum absolute atomic E-state index is 0.226. The molecule has 0 aromatic heterocycles. The van der Waals surface area contributed by atoms with E-state index in [-0.39, 0.29) is 5.78 Å². The first-order valence-electron chi connectivity index (χ1n) is 15.3. The van der Waals surface area contributed by atoms with E-state index in [9.17, 15) is 14.7 Å². The summed E-state index contributed by atoms with van der Waals surface area (Å²) in [6, 6.07) is 0. The van der Waals surface area contributed by atoms with E-state index in [0.717, 1.165) is 64.2 Å². The zero-order valence-electron chi connectivity index (χ0n) is 23.2. The number of Topliss-reactive ketones (excluding diaryl/α,β-unsaturated/α-hetero) is 2. The summed E-state index contributed by atoms with van der Waals surface area (Å²) < 4.78 is 0. The van der Waals surface area contributed by atoms with Crippen molar-refractivity contribution in [1.29, 1.82) is 0 Å². The molecule has 0 spiro atoms. The molecule has 0 aromatic rings. The van der Waals surface area contributed by atoms with Crippen LogP contribution in [0.5, 0.6) is 0 Å². The third-order valence-corrected chi connectivity index (χ3v) is 7.07. The Morgan fingerprint density at radius 1 is 0.471 bits per heavy atom. The standard InChI is InChI=1S/C31H60O3/c1-3-5-7-9-10-11-12-13-14-18-22-26-30(33)28-31(34)27-23-19-16-15-17-21-25-29(32)24-20-8-6-4-2/h30,33H,3-28H2,1-2H3/t30-/m1/s1. The average molecular weight is 481 g/mol. The van der Waals surface area contributed by atoms with Gasteiger partial charge >= 0.3 is 0 Å². The van der Waals surface area contributed by atoms with E-state index in [4.69, 9.17) is 0 Å². The lowest BCUT2D eigenvalue weighted by atomic mass is 10.00. The van der Waals surface area contributed by atoms with E-state index in [0.29, 0.717) is 18.6 Å². The number of carbonyl (C=O) groups excluding carboxylic acids is 2. The minimum atomic E-state index is -0.439. The molecule has 0 rings (SSSR count). The van der Waals surface area contributed by atoms with Crippen molar-refractivity contribution in [3.05, 3.63) is 0 Å². The molecule has 0 aliphatic carbocycles. The highest BCUT2D eigenvalue weighted by Crippen LogP contribution is 2.15. The van der Waals surface area contributed by atoms with Gasteiger partial charge in [-0.25, -0.2) is 0 Å². The van der Waals surface area contributed by atoms with Gasteiger partial charge in [0.25, 0.3) is 0 Å². The van der Waals surface area contributed by atoms with Gasteiger partial charge in [-0.1, -0.05) is 129 Å². The second kappa shape index (κ2) is 26.9. The first-order chi connectivity index (χ1) is 16.6. The Hall–Kier alpha value is -0.700. The number of unbranched alkanes of at least 4 members (excludes halogenated alkanes) is 18. The van der Waals surface area contributed by atoms with E-state index < -0.39 is 6.10 Å². The van der Waals surface area contributed by atoms with Crippen molar-refractivity contribution in [3.63, 3.8) is 0 Å². The normalized spacial score (nSPS) is 12.2. The SMILES string of the molecule is CCCCCCCCCCCCC[C@@H](O)CC(=O)CCCCCCCCC(=O)CCCCCC. The van der Waals surface area contributed by atoms with Crippen molar-refractivity contribution < 1.29 is 14.7 Å². The minimum Gasteiger partial charge on any atom is -0.393 e. The maximum absolute atomic E-state index is 12.1. The molecular formula is C31H60O3. The van der Waals surface area contributed by atoms with Crippen LogP contribution in [0.4, 0.5) is 0 Å². The molecule has 0 radical (unpaired) electrons. The molecule has 0 unspecified atom stereocenters. The summed E-state index contributed by atoms with van der Waals surface area (Å²) in [7, 11) is 0. The lowest BCUT2D eigenvalue weighted by Gasteiger charge is -2.10. The molecule has 202 valence electrons. The summed E-state index contributed by atoms with van der Waals surface area (Å²) >= 11 is 0. The number of ketones is 2. The fraction of sp³-hybridized carbons (Fsp3) is 0.935. The molecule has 1 atom stereocenters. The average Bonchev–Trinajstić information content (AvgIpc) is 2.82. The molecule has 0 saturated heterocycles. The molecule has 0 bridgehead atoms. The van der Waals surface area contributed by atoms with Crippen molar-refractivity contribution in [2.75, 3.05) is 0 Å². The van der Waals surface area contributed by atoms with Gasteiger partial charge in [0, 0.05) is 25.7 Å². The second-order valence-corrected chi connectivity index (χ2v) is 10.7. The molecule has 0 saturated carbocycles. The molecule has 0 heterocycles. The van der Waals surface area contributed by atoms with Crippen LogP contribution in [0.2, 0.25) is 0 Å². The van der Waals surface area contributed by atoms with Crippen molar-refractivity contribution >= 4 is 11.6 Å². The molecule has 1 N–H and O–H groups in total. The summed E-state index contributed by atoms with van der Waals surface area (Å²) in [6.45, 7) is 4.46. The van der Waals surface area contributed by atoms with Gasteiger partial charge in [0.15, 0.2) is 0 Å². The summed E-state index contributed by atoms with van der Waals surface area (Å²) in [6.07, 6.45) is 28.5. The van der Waals surface area contributed by atoms with Gasteiger partial charge in [-0.15, -0.1) is 0 Å². The molecule has 0 fully saturated rings. The fourth-order valence-corrected chi connectivity index (χ4v) is 4.74. The van der Waals surface area contributed by atoms with E-state index in [2.05, 4.69) is 13.8 Å². The van der Waals surface area contributed by atoms with Gasteiger partial charge in [-0.05, 0) is 25.7 Å². The number of hydrogen-bond acceptors (Lipinski definition) is 3. The van der Waals surface area contributed by atoms with Gasteiger partial charge < -0.3 is 5.11 Å². The summed E-state index contributed by atoms with van der Waals surface area (Å²) in [4.78, 5) is 23.9. The molecule has 34 heavy (non-hydrogen) atoms. The van der Waals surface area contributed by atoms with E-state index in [1.165, 1.54) is 89.9 Å². The Morgan fingerprint density at radius 3 is 1.24 bits per heavy atom. The van der Waals surface area contributed by atoms with Crippen LogP contribution in [0.15, 0.2) is 0 Å². The maximum atomic E-state index is 12.1. The Kier molecular flexibility index (Phi) is 26.3. The van der Waals surface area contributed by atoms with Crippen LogP contribution in [0.3, 0.4) is 0 Å². The number of aliphatic hydroxyl groups is 1. The maximum Gasteiger partial charge on any atom is 0.135 e. The molecule has 0 aliphatic rings. The number of rotatable bonds is 28. The number of hydrogen-bond donors (Lipinski definition) is 1. The largest absolute Gasteiger partial charge is 0.393 e. The van der Waals surface area contributed by atoms with Gasteiger partial charge in [-0.3, -0.25) is 9.59 Å². The van der Waals surface area contributed by atoms with Crippen molar-refractivity contribution in [1.82, 2.24) is 0 Å². The Balaban J connectivity index is 3.37. The number of aliphatic hydroxyl groups excluding tert-OH is 1. The first kappa shape index (κ1) is 33.3. The van der Waals surface area contributed by atoms with Crippen LogP contribution in [-0.2, 0) is 9.59 Å². The summed E-state index contributed by atoms with van der Waals surface area (Å²) in [5.41, 5.74) is 0. The van der Waals surface area contributed by atoms with Crippen LogP contribution in [0, 0.1) is 0 Å². The quantitative estimate of drug-likeness (QED) is 0.113. The van der Waals surface area contributed by atoms with Crippen LogP contribution < -0.4 is 0 Å². The first-order valence-corrected chi connectivity index (χ1v) is 15.3. The molecule has 0 aliphatic heterocycles. The van der Waals surface area contributed by atoms with Crippen LogP contribution in [0.1, 0.15) is 181 Å². The summed E-state index contributed by atoms with van der Waals surface area (Å²) in [5, 5.41) is 10.1. The topological polar surface area (TPSA) is 54.4 Å². The summed E-state index contributed by atoms with van der Waals surface area (Å²) in [5.74, 6) is 0.665. The van der Waals surface area contributed by atoms with E-state index >= 15 is 0 Å². The van der Waals surface area contributed by atoms with Gasteiger partial charge in [0.2, 0.25) is 0 Å². The Bertz CT molecular complexity index is 446. The Morgan fingerprint density at radius 2 is 0.794 bits per heavy atom. The highest BCUT2D eigenvalue weighted by molar-refractivity contribution is 5.78. The van der Waals surface area contributed by atoms with Gasteiger partial charge in [0.1, 0.15) is 11.6 Å². The fourth-order valence-electron chi connectivity index (χ4n) is 4.74. The third kappa shape index (κ3) is 25.9. The molecule has 0 aromatic carbocycles. The predicted octanol–water partition coefficient (Wildman–Crippen LogP) is 9.67. The van der Waals surface area contributed by atoms with Crippen LogP contribution in [0.25, 0.3) is 0 Å². The smallest absolute Gasteiger partial charge is 0.135 e. The highest BCUT2D eigenvalue weighted by Gasteiger charge is 2.10. The monoisotopic (exact) mass is 480 g/mol. The van der Waals surface area contributed by atoms with E-state index in [1.807, 2.05) is 0 Å². The van der Waals surface area contributed by atoms with Gasteiger partial charge in [-0.2, -0.15) is 0 Å². The molecule has 0 amide bonds. The number of carbonyl (C=O) groups is 2. The van der Waals surface area contributed by atoms with Crippen molar-refractivity contribution in [2.24, 2.45) is 0 Å². The Labute approximate surface area is 213 Å². The zero-order chi connectivity index (χ0) is 25.1. The van der Waals surface area contributed by atoms with Crippen molar-refractivity contribution in [3.8, 4) is 0 Å². The van der Waals surface area contributed by atoms with Crippen molar-refractivity contribution in [2.45, 2.75) is 187 Å². The lowest BCUT2D eigenvalue weighted by Crippen LogP contribution is -2.13. The second-order valence-electron chi connectivity index (χ2n) is 10.7. The van der Waals surface area contributed by atoms with Gasteiger partial charge in [0.05, 0.1) is 6.10 Å². The lowest BCUT2D eigenvalue weighted by molar-refractivity contribution is -0.121.